The number of hydrogen-bond acceptors (Lipinski definition) is 0. The van der Waals surface area contributed by atoms with Crippen LogP contribution >= 0.6 is 0 Å². The molecular formula is C16H26. The molecule has 0 aromatic carbocycles. The maximum absolute atomic E-state index is 3.47. The first kappa shape index (κ1) is 12.0. The lowest BCUT2D eigenvalue weighted by molar-refractivity contribution is 0.0240. The average Bonchev–Trinajstić information content (AvgIpc) is 2.24. The Bertz CT molecular complexity index is 273. The Kier molecular flexibility index (Phi) is 3.63. The zero-order valence-electron chi connectivity index (χ0n) is 11.2. The lowest BCUT2D eigenvalue weighted by atomic mass is 9.54. The van der Waals surface area contributed by atoms with Crippen LogP contribution < -0.4 is 0 Å². The summed E-state index contributed by atoms with van der Waals surface area (Å²) in [6.07, 6.45) is 10.2. The van der Waals surface area contributed by atoms with Crippen LogP contribution in [-0.2, 0) is 0 Å². The highest BCUT2D eigenvalue weighted by atomic mass is 14.5. The van der Waals surface area contributed by atoms with Gasteiger partial charge >= 0.3 is 0 Å². The van der Waals surface area contributed by atoms with Gasteiger partial charge < -0.3 is 0 Å². The first-order valence-electron chi connectivity index (χ1n) is 7.14. The molecule has 0 aromatic heterocycles. The largest absolute Gasteiger partial charge is 0.100 e. The molecule has 0 atom stereocenters. The highest BCUT2D eigenvalue weighted by Gasteiger charge is 2.44. The Morgan fingerprint density at radius 1 is 1.19 bits per heavy atom. The first-order valence-corrected chi connectivity index (χ1v) is 7.14. The Balaban J connectivity index is 1.78. The summed E-state index contributed by atoms with van der Waals surface area (Å²) in [6.45, 7) is 6.72. The Morgan fingerprint density at radius 3 is 2.31 bits per heavy atom. The quantitative estimate of drug-likeness (QED) is 0.562. The Morgan fingerprint density at radius 2 is 1.81 bits per heavy atom. The van der Waals surface area contributed by atoms with E-state index < -0.39 is 0 Å². The second kappa shape index (κ2) is 4.82. The third-order valence-electron chi connectivity index (χ3n) is 4.68. The lowest BCUT2D eigenvalue weighted by Gasteiger charge is -2.50. The van der Waals surface area contributed by atoms with Crippen LogP contribution in [0.5, 0.6) is 0 Å². The van der Waals surface area contributed by atoms with E-state index in [9.17, 15) is 0 Å². The standard InChI is InChI=1S/C16H26/c1-4-14-7-9-16(10-8-14)11-15(12-16)6-5-13(2)3/h13-15H,4,7-12H2,1-3H3. The summed E-state index contributed by atoms with van der Waals surface area (Å²) in [6, 6.07) is 0. The molecule has 0 unspecified atom stereocenters. The molecule has 2 rings (SSSR count). The average molecular weight is 218 g/mol. The van der Waals surface area contributed by atoms with E-state index in [1.165, 1.54) is 44.9 Å². The van der Waals surface area contributed by atoms with Crippen LogP contribution in [0.25, 0.3) is 0 Å². The molecular weight excluding hydrogens is 192 g/mol. The molecule has 2 fully saturated rings. The summed E-state index contributed by atoms with van der Waals surface area (Å²) in [5.74, 6) is 9.12. The molecule has 0 heteroatoms. The van der Waals surface area contributed by atoms with E-state index in [-0.39, 0.29) is 0 Å². The highest BCUT2D eigenvalue weighted by molar-refractivity contribution is 5.13. The van der Waals surface area contributed by atoms with E-state index in [0.29, 0.717) is 5.92 Å². The van der Waals surface area contributed by atoms with E-state index >= 15 is 0 Å². The third kappa shape index (κ3) is 2.62. The summed E-state index contributed by atoms with van der Waals surface area (Å²) >= 11 is 0. The van der Waals surface area contributed by atoms with E-state index in [2.05, 4.69) is 32.6 Å². The molecule has 0 bridgehead atoms. The summed E-state index contributed by atoms with van der Waals surface area (Å²) in [5, 5.41) is 0. The monoisotopic (exact) mass is 218 g/mol. The zero-order valence-corrected chi connectivity index (χ0v) is 11.2. The second-order valence-electron chi connectivity index (χ2n) is 6.40. The van der Waals surface area contributed by atoms with Gasteiger partial charge in [-0.15, -0.1) is 5.92 Å². The van der Waals surface area contributed by atoms with Gasteiger partial charge in [-0.05, 0) is 49.9 Å². The van der Waals surface area contributed by atoms with Gasteiger partial charge in [-0.2, -0.15) is 0 Å². The minimum absolute atomic E-state index is 0.548. The van der Waals surface area contributed by atoms with Gasteiger partial charge in [0, 0.05) is 11.8 Å². The van der Waals surface area contributed by atoms with Gasteiger partial charge in [-0.3, -0.25) is 0 Å². The SMILES string of the molecule is CCC1CCC2(CC1)CC(C#CC(C)C)C2. The van der Waals surface area contributed by atoms with Gasteiger partial charge in [-0.1, -0.05) is 33.1 Å². The minimum atomic E-state index is 0.548. The molecule has 2 aliphatic rings. The van der Waals surface area contributed by atoms with Crippen molar-refractivity contribution in [2.75, 3.05) is 0 Å². The van der Waals surface area contributed by atoms with Crippen molar-refractivity contribution in [3.05, 3.63) is 0 Å². The van der Waals surface area contributed by atoms with Crippen LogP contribution in [0.1, 0.15) is 65.7 Å². The molecule has 2 saturated carbocycles. The van der Waals surface area contributed by atoms with Crippen LogP contribution in [0.4, 0.5) is 0 Å². The van der Waals surface area contributed by atoms with Crippen molar-refractivity contribution < 1.29 is 0 Å². The molecule has 1 spiro atoms. The predicted molar refractivity (Wildman–Crippen MR) is 70.0 cm³/mol. The molecule has 0 amide bonds. The fourth-order valence-electron chi connectivity index (χ4n) is 3.48. The van der Waals surface area contributed by atoms with Crippen LogP contribution in [0.2, 0.25) is 0 Å². The van der Waals surface area contributed by atoms with Crippen molar-refractivity contribution in [3.8, 4) is 11.8 Å². The van der Waals surface area contributed by atoms with Crippen molar-refractivity contribution >= 4 is 0 Å². The predicted octanol–water partition coefficient (Wildman–Crippen LogP) is 4.64. The summed E-state index contributed by atoms with van der Waals surface area (Å²) in [7, 11) is 0. The number of hydrogen-bond donors (Lipinski definition) is 0. The van der Waals surface area contributed by atoms with Gasteiger partial charge in [0.05, 0.1) is 0 Å². The van der Waals surface area contributed by atoms with Crippen molar-refractivity contribution in [2.24, 2.45) is 23.2 Å². The van der Waals surface area contributed by atoms with Gasteiger partial charge in [0.2, 0.25) is 0 Å². The molecule has 0 aromatic rings. The third-order valence-corrected chi connectivity index (χ3v) is 4.68. The van der Waals surface area contributed by atoms with Gasteiger partial charge in [-0.25, -0.2) is 0 Å². The van der Waals surface area contributed by atoms with E-state index in [1.54, 1.807) is 0 Å². The second-order valence-corrected chi connectivity index (χ2v) is 6.40. The molecule has 0 radical (unpaired) electrons. The minimum Gasteiger partial charge on any atom is -0.100 e. The molecule has 90 valence electrons. The van der Waals surface area contributed by atoms with Crippen LogP contribution in [0.3, 0.4) is 0 Å². The Labute approximate surface area is 101 Å². The molecule has 0 N–H and O–H groups in total. The fourth-order valence-corrected chi connectivity index (χ4v) is 3.48. The molecule has 0 heterocycles. The van der Waals surface area contributed by atoms with Gasteiger partial charge in [0.15, 0.2) is 0 Å². The summed E-state index contributed by atoms with van der Waals surface area (Å²) in [5.41, 5.74) is 0.738. The van der Waals surface area contributed by atoms with E-state index in [4.69, 9.17) is 0 Å². The topological polar surface area (TPSA) is 0 Å². The van der Waals surface area contributed by atoms with Crippen molar-refractivity contribution in [1.29, 1.82) is 0 Å². The molecule has 2 aliphatic carbocycles. The normalized spacial score (nSPS) is 38.0. The lowest BCUT2D eigenvalue weighted by Crippen LogP contribution is -2.39. The van der Waals surface area contributed by atoms with E-state index in [1.807, 2.05) is 0 Å². The highest BCUT2D eigenvalue weighted by Crippen LogP contribution is 2.55. The molecule has 0 saturated heterocycles. The van der Waals surface area contributed by atoms with Crippen molar-refractivity contribution in [1.82, 2.24) is 0 Å². The molecule has 0 nitrogen and oxygen atoms in total. The van der Waals surface area contributed by atoms with Crippen LogP contribution in [-0.4, -0.2) is 0 Å². The first-order chi connectivity index (χ1) is 7.63. The van der Waals surface area contributed by atoms with Gasteiger partial charge in [0.25, 0.3) is 0 Å². The number of rotatable bonds is 1. The summed E-state index contributed by atoms with van der Waals surface area (Å²) in [4.78, 5) is 0. The molecule has 16 heavy (non-hydrogen) atoms. The maximum atomic E-state index is 3.47. The van der Waals surface area contributed by atoms with E-state index in [0.717, 1.165) is 17.3 Å². The summed E-state index contributed by atoms with van der Waals surface area (Å²) < 4.78 is 0. The molecule has 0 aliphatic heterocycles. The Hall–Kier alpha value is -0.440. The van der Waals surface area contributed by atoms with Crippen molar-refractivity contribution in [3.63, 3.8) is 0 Å². The fraction of sp³-hybridized carbons (Fsp3) is 0.875. The van der Waals surface area contributed by atoms with Crippen LogP contribution in [0, 0.1) is 35.0 Å². The van der Waals surface area contributed by atoms with Crippen LogP contribution in [0.15, 0.2) is 0 Å². The maximum Gasteiger partial charge on any atom is 0.0213 e. The smallest absolute Gasteiger partial charge is 0.0213 e. The van der Waals surface area contributed by atoms with Gasteiger partial charge in [0.1, 0.15) is 0 Å². The zero-order chi connectivity index (χ0) is 11.6. The van der Waals surface area contributed by atoms with Crippen molar-refractivity contribution in [2.45, 2.75) is 65.7 Å².